The van der Waals surface area contributed by atoms with Gasteiger partial charge in [0.25, 0.3) is 0 Å². The molecule has 0 heterocycles. The van der Waals surface area contributed by atoms with E-state index in [9.17, 15) is 14.8 Å². The first-order chi connectivity index (χ1) is 10.1. The number of anilines is 1. The molecule has 0 saturated heterocycles. The lowest BCUT2D eigenvalue weighted by atomic mass is 9.79. The van der Waals surface area contributed by atoms with Crippen molar-refractivity contribution in [3.63, 3.8) is 0 Å². The van der Waals surface area contributed by atoms with Gasteiger partial charge in [-0.15, -0.1) is 0 Å². The Bertz CT molecular complexity index is 615. The van der Waals surface area contributed by atoms with Crippen LogP contribution in [0.3, 0.4) is 0 Å². The molecule has 0 aliphatic heterocycles. The molecule has 2 aromatic carbocycles. The quantitative estimate of drug-likeness (QED) is 0.730. The largest absolute Gasteiger partial charge is 0.497 e. The summed E-state index contributed by atoms with van der Waals surface area (Å²) in [7, 11) is -0.137. The highest BCUT2D eigenvalue weighted by molar-refractivity contribution is 6.60. The van der Waals surface area contributed by atoms with E-state index in [-0.39, 0.29) is 11.2 Å². The lowest BCUT2D eigenvalue weighted by molar-refractivity contribution is 0.215. The van der Waals surface area contributed by atoms with Crippen LogP contribution in [0.4, 0.5) is 10.5 Å². The van der Waals surface area contributed by atoms with Gasteiger partial charge < -0.3 is 19.5 Å². The summed E-state index contributed by atoms with van der Waals surface area (Å²) < 4.78 is 10.1. The summed E-state index contributed by atoms with van der Waals surface area (Å²) in [6.07, 6.45) is -0.728. The number of nitrogens with one attached hydrogen (secondary N) is 1. The van der Waals surface area contributed by atoms with Crippen molar-refractivity contribution in [1.29, 1.82) is 0 Å². The van der Waals surface area contributed by atoms with E-state index in [1.165, 1.54) is 6.07 Å². The molecule has 6 nitrogen and oxygen atoms in total. The number of ether oxygens (including phenoxy) is 2. The zero-order valence-corrected chi connectivity index (χ0v) is 11.3. The molecule has 0 spiro atoms. The van der Waals surface area contributed by atoms with Gasteiger partial charge in [0.2, 0.25) is 0 Å². The molecule has 0 aliphatic carbocycles. The Labute approximate surface area is 122 Å². The Morgan fingerprint density at radius 3 is 2.29 bits per heavy atom. The van der Waals surface area contributed by atoms with Crippen LogP contribution >= 0.6 is 0 Å². The summed E-state index contributed by atoms with van der Waals surface area (Å²) in [4.78, 5) is 11.8. The molecule has 0 bridgehead atoms. The predicted molar refractivity (Wildman–Crippen MR) is 78.9 cm³/mol. The fourth-order valence-corrected chi connectivity index (χ4v) is 1.72. The summed E-state index contributed by atoms with van der Waals surface area (Å²) in [6.45, 7) is 0. The van der Waals surface area contributed by atoms with Crippen LogP contribution in [0.1, 0.15) is 0 Å². The average molecular weight is 287 g/mol. The molecule has 0 saturated carbocycles. The molecule has 2 aromatic rings. The molecule has 108 valence electrons. The van der Waals surface area contributed by atoms with Crippen molar-refractivity contribution in [2.45, 2.75) is 0 Å². The second-order valence-electron chi connectivity index (χ2n) is 4.15. The molecule has 1 amide bonds. The van der Waals surface area contributed by atoms with Crippen molar-refractivity contribution in [3.05, 3.63) is 48.5 Å². The van der Waals surface area contributed by atoms with E-state index in [1.807, 2.05) is 0 Å². The number of carbonyl (C=O) groups excluding carboxylic acids is 1. The van der Waals surface area contributed by atoms with Crippen molar-refractivity contribution in [1.82, 2.24) is 0 Å². The van der Waals surface area contributed by atoms with Crippen LogP contribution in [-0.4, -0.2) is 30.4 Å². The molecular weight excluding hydrogens is 273 g/mol. The molecule has 0 fully saturated rings. The highest BCUT2D eigenvalue weighted by Gasteiger charge is 2.17. The molecule has 7 heteroatoms. The maximum absolute atomic E-state index is 11.8. The number of benzene rings is 2. The van der Waals surface area contributed by atoms with Crippen molar-refractivity contribution in [2.24, 2.45) is 0 Å². The third-order valence-electron chi connectivity index (χ3n) is 2.75. The van der Waals surface area contributed by atoms with Gasteiger partial charge in [0.1, 0.15) is 11.5 Å². The molecule has 3 N–H and O–H groups in total. The minimum Gasteiger partial charge on any atom is -0.497 e. The zero-order valence-electron chi connectivity index (χ0n) is 11.3. The van der Waals surface area contributed by atoms with Crippen molar-refractivity contribution < 1.29 is 24.3 Å². The minimum absolute atomic E-state index is 0.184. The second-order valence-corrected chi connectivity index (χ2v) is 4.15. The fourth-order valence-electron chi connectivity index (χ4n) is 1.72. The van der Waals surface area contributed by atoms with Crippen LogP contribution in [-0.2, 0) is 0 Å². The molecule has 0 atom stereocenters. The van der Waals surface area contributed by atoms with E-state index in [0.717, 1.165) is 0 Å². The summed E-state index contributed by atoms with van der Waals surface area (Å²) in [5.41, 5.74) is 0.454. The topological polar surface area (TPSA) is 88.0 Å². The van der Waals surface area contributed by atoms with E-state index >= 15 is 0 Å². The Morgan fingerprint density at radius 1 is 1.05 bits per heavy atom. The van der Waals surface area contributed by atoms with E-state index in [2.05, 4.69) is 5.32 Å². The first-order valence-electron chi connectivity index (χ1n) is 6.18. The molecule has 21 heavy (non-hydrogen) atoms. The monoisotopic (exact) mass is 287 g/mol. The number of amides is 1. The first kappa shape index (κ1) is 14.9. The number of methoxy groups -OCH3 is 1. The summed E-state index contributed by atoms with van der Waals surface area (Å²) in [5.74, 6) is 0.992. The Hall–Kier alpha value is -2.51. The Morgan fingerprint density at radius 2 is 1.67 bits per heavy atom. The standard InChI is InChI=1S/C14H14BNO5/c1-20-10-6-8-11(9-7-10)21-14(17)16-13-5-3-2-4-12(13)15(18)19/h2-9,18-19H,1H3,(H,16,17). The second kappa shape index (κ2) is 6.78. The number of rotatable bonds is 4. The summed E-state index contributed by atoms with van der Waals surface area (Å²) in [6, 6.07) is 12.8. The van der Waals surface area contributed by atoms with Crippen LogP contribution < -0.4 is 20.3 Å². The SMILES string of the molecule is COc1ccc(OC(=O)Nc2ccccc2B(O)O)cc1. The number of hydrogen-bond acceptors (Lipinski definition) is 5. The van der Waals surface area contributed by atoms with Crippen molar-refractivity contribution in [3.8, 4) is 11.5 Å². The molecule has 0 aromatic heterocycles. The maximum Gasteiger partial charge on any atom is 0.490 e. The lowest BCUT2D eigenvalue weighted by Crippen LogP contribution is -2.34. The highest BCUT2D eigenvalue weighted by atomic mass is 16.6. The Balaban J connectivity index is 2.04. The van der Waals surface area contributed by atoms with Gasteiger partial charge in [-0.05, 0) is 30.3 Å². The number of hydrogen-bond donors (Lipinski definition) is 3. The van der Waals surface area contributed by atoms with Crippen LogP contribution in [0.25, 0.3) is 0 Å². The van der Waals surface area contributed by atoms with E-state index in [1.54, 1.807) is 49.6 Å². The average Bonchev–Trinajstić information content (AvgIpc) is 2.48. The van der Waals surface area contributed by atoms with Crippen LogP contribution in [0.15, 0.2) is 48.5 Å². The van der Waals surface area contributed by atoms with Gasteiger partial charge in [0.05, 0.1) is 7.11 Å². The number of para-hydroxylation sites is 1. The van der Waals surface area contributed by atoms with Gasteiger partial charge >= 0.3 is 13.2 Å². The lowest BCUT2D eigenvalue weighted by Gasteiger charge is -2.10. The summed E-state index contributed by atoms with van der Waals surface area (Å²) in [5, 5.41) is 20.9. The fraction of sp³-hybridized carbons (Fsp3) is 0.0714. The first-order valence-corrected chi connectivity index (χ1v) is 6.18. The van der Waals surface area contributed by atoms with Gasteiger partial charge in [0, 0.05) is 11.2 Å². The van der Waals surface area contributed by atoms with Gasteiger partial charge in [-0.1, -0.05) is 18.2 Å². The molecular formula is C14H14BNO5. The zero-order chi connectivity index (χ0) is 15.2. The third-order valence-corrected chi connectivity index (χ3v) is 2.75. The van der Waals surface area contributed by atoms with Gasteiger partial charge in [0.15, 0.2) is 0 Å². The van der Waals surface area contributed by atoms with Gasteiger partial charge in [-0.3, -0.25) is 5.32 Å². The van der Waals surface area contributed by atoms with Gasteiger partial charge in [-0.25, -0.2) is 4.79 Å². The van der Waals surface area contributed by atoms with E-state index in [0.29, 0.717) is 11.5 Å². The highest BCUT2D eigenvalue weighted by Crippen LogP contribution is 2.17. The van der Waals surface area contributed by atoms with Crippen molar-refractivity contribution in [2.75, 3.05) is 12.4 Å². The van der Waals surface area contributed by atoms with Crippen molar-refractivity contribution >= 4 is 24.4 Å². The number of carbonyl (C=O) groups is 1. The molecule has 0 aliphatic rings. The van der Waals surface area contributed by atoms with Gasteiger partial charge in [-0.2, -0.15) is 0 Å². The molecule has 0 unspecified atom stereocenters. The van der Waals surface area contributed by atoms with E-state index in [4.69, 9.17) is 9.47 Å². The van der Waals surface area contributed by atoms with Crippen LogP contribution in [0.5, 0.6) is 11.5 Å². The maximum atomic E-state index is 11.8. The van der Waals surface area contributed by atoms with E-state index < -0.39 is 13.2 Å². The third kappa shape index (κ3) is 3.98. The van der Waals surface area contributed by atoms with Crippen LogP contribution in [0.2, 0.25) is 0 Å². The summed E-state index contributed by atoms with van der Waals surface area (Å²) >= 11 is 0. The van der Waals surface area contributed by atoms with Crippen LogP contribution in [0, 0.1) is 0 Å². The minimum atomic E-state index is -1.68. The molecule has 0 radical (unpaired) electrons. The molecule has 2 rings (SSSR count). The smallest absolute Gasteiger partial charge is 0.490 e. The Kier molecular flexibility index (Phi) is 4.81. The normalized spacial score (nSPS) is 9.86. The predicted octanol–water partition coefficient (Wildman–Crippen LogP) is 0.986.